The molecule has 0 radical (unpaired) electrons. The lowest BCUT2D eigenvalue weighted by atomic mass is 10.0. The number of carbonyl (C=O) groups excluding carboxylic acids is 1. The smallest absolute Gasteiger partial charge is 0.261 e. The van der Waals surface area contributed by atoms with Crippen LogP contribution in [0.5, 0.6) is 0 Å². The number of rotatable bonds is 6. The molecule has 88 valence electrons. The highest BCUT2D eigenvalue weighted by Crippen LogP contribution is 2.10. The van der Waals surface area contributed by atoms with Gasteiger partial charge in [0.2, 0.25) is 0 Å². The quantitative estimate of drug-likeness (QED) is 0.700. The first-order valence-electron chi connectivity index (χ1n) is 5.14. The summed E-state index contributed by atoms with van der Waals surface area (Å²) < 4.78 is 28.8. The first kappa shape index (κ1) is 12.8. The number of ketones is 1. The van der Waals surface area contributed by atoms with Crippen molar-refractivity contribution in [3.05, 3.63) is 35.9 Å². The van der Waals surface area contributed by atoms with Crippen LogP contribution in [0.4, 0.5) is 8.78 Å². The van der Waals surface area contributed by atoms with Gasteiger partial charge in [-0.2, -0.15) is 0 Å². The maximum absolute atomic E-state index is 12.0. The van der Waals surface area contributed by atoms with Crippen LogP contribution in [0.1, 0.15) is 23.7 Å². The molecule has 0 aromatic heterocycles. The second-order valence-corrected chi connectivity index (χ2v) is 3.35. The summed E-state index contributed by atoms with van der Waals surface area (Å²) in [6.45, 7) is 1.04. The van der Waals surface area contributed by atoms with Crippen molar-refractivity contribution in [3.8, 4) is 0 Å². The van der Waals surface area contributed by atoms with Crippen LogP contribution in [0.25, 0.3) is 0 Å². The third-order valence-electron chi connectivity index (χ3n) is 2.14. The molecule has 0 fully saturated rings. The van der Waals surface area contributed by atoms with Crippen molar-refractivity contribution < 1.29 is 18.3 Å². The maximum Gasteiger partial charge on any atom is 0.261 e. The van der Waals surface area contributed by atoms with Crippen molar-refractivity contribution in [2.24, 2.45) is 0 Å². The largest absolute Gasteiger partial charge is 0.364 e. The highest BCUT2D eigenvalue weighted by molar-refractivity contribution is 5.99. The minimum atomic E-state index is -2.54. The van der Waals surface area contributed by atoms with Gasteiger partial charge in [-0.05, 0) is 6.42 Å². The van der Waals surface area contributed by atoms with Crippen molar-refractivity contribution in [2.75, 3.05) is 6.61 Å². The number of Topliss-reactive ketones (excluding diaryl/α,β-unsaturated/α-hetero) is 1. The van der Waals surface area contributed by atoms with E-state index in [0.29, 0.717) is 12.0 Å². The fourth-order valence-electron chi connectivity index (χ4n) is 1.36. The SMILES string of the molecule is CCC(OCC(F)F)C(=O)c1ccccc1. The summed E-state index contributed by atoms with van der Waals surface area (Å²) in [5.41, 5.74) is 0.489. The van der Waals surface area contributed by atoms with Gasteiger partial charge in [0.1, 0.15) is 12.7 Å². The van der Waals surface area contributed by atoms with Crippen LogP contribution in [-0.2, 0) is 4.74 Å². The normalized spacial score (nSPS) is 12.8. The molecule has 1 unspecified atom stereocenters. The molecule has 1 aromatic rings. The summed E-state index contributed by atoms with van der Waals surface area (Å²) in [5, 5.41) is 0. The van der Waals surface area contributed by atoms with E-state index in [-0.39, 0.29) is 5.78 Å². The number of hydrogen-bond donors (Lipinski definition) is 0. The third-order valence-corrected chi connectivity index (χ3v) is 2.14. The molecule has 0 aliphatic carbocycles. The minimum absolute atomic E-state index is 0.247. The Bertz CT molecular complexity index is 325. The molecule has 1 aromatic carbocycles. The van der Waals surface area contributed by atoms with Crippen molar-refractivity contribution in [1.29, 1.82) is 0 Å². The number of carbonyl (C=O) groups is 1. The molecule has 16 heavy (non-hydrogen) atoms. The van der Waals surface area contributed by atoms with Gasteiger partial charge >= 0.3 is 0 Å². The zero-order chi connectivity index (χ0) is 12.0. The fourth-order valence-corrected chi connectivity index (χ4v) is 1.36. The van der Waals surface area contributed by atoms with Crippen LogP contribution in [0.2, 0.25) is 0 Å². The molecule has 0 heterocycles. The molecule has 0 saturated carbocycles. The summed E-state index contributed by atoms with van der Waals surface area (Å²) in [6.07, 6.45) is -2.94. The molecule has 0 spiro atoms. The van der Waals surface area contributed by atoms with Crippen molar-refractivity contribution in [2.45, 2.75) is 25.9 Å². The first-order chi connectivity index (χ1) is 7.65. The molecule has 2 nitrogen and oxygen atoms in total. The molecule has 0 bridgehead atoms. The highest BCUT2D eigenvalue weighted by atomic mass is 19.3. The summed E-state index contributed by atoms with van der Waals surface area (Å²) in [7, 11) is 0. The number of halogens is 2. The minimum Gasteiger partial charge on any atom is -0.364 e. The third kappa shape index (κ3) is 3.70. The number of hydrogen-bond acceptors (Lipinski definition) is 2. The zero-order valence-corrected chi connectivity index (χ0v) is 9.03. The molecular weight excluding hydrogens is 214 g/mol. The molecule has 0 saturated heterocycles. The van der Waals surface area contributed by atoms with Gasteiger partial charge in [-0.1, -0.05) is 37.3 Å². The highest BCUT2D eigenvalue weighted by Gasteiger charge is 2.20. The monoisotopic (exact) mass is 228 g/mol. The van der Waals surface area contributed by atoms with E-state index >= 15 is 0 Å². The van der Waals surface area contributed by atoms with Crippen LogP contribution in [0.15, 0.2) is 30.3 Å². The Kier molecular flexibility index (Phi) is 5.05. The lowest BCUT2D eigenvalue weighted by Crippen LogP contribution is -2.26. The van der Waals surface area contributed by atoms with Crippen LogP contribution >= 0.6 is 0 Å². The zero-order valence-electron chi connectivity index (χ0n) is 9.03. The average molecular weight is 228 g/mol. The maximum atomic E-state index is 12.0. The van der Waals surface area contributed by atoms with Gasteiger partial charge in [-0.15, -0.1) is 0 Å². The number of benzene rings is 1. The standard InChI is InChI=1S/C12H14F2O2/c1-2-10(16-8-11(13)14)12(15)9-6-4-3-5-7-9/h3-7,10-11H,2,8H2,1H3. The Morgan fingerprint density at radius 2 is 1.94 bits per heavy atom. The van der Waals surface area contributed by atoms with Gasteiger partial charge in [-0.25, -0.2) is 8.78 Å². The molecule has 0 aliphatic rings. The Balaban J connectivity index is 2.63. The topological polar surface area (TPSA) is 26.3 Å². The first-order valence-corrected chi connectivity index (χ1v) is 5.14. The van der Waals surface area contributed by atoms with E-state index in [4.69, 9.17) is 4.74 Å². The predicted molar refractivity (Wildman–Crippen MR) is 56.8 cm³/mol. The second kappa shape index (κ2) is 6.33. The van der Waals surface area contributed by atoms with E-state index in [9.17, 15) is 13.6 Å². The second-order valence-electron chi connectivity index (χ2n) is 3.35. The van der Waals surface area contributed by atoms with E-state index in [0.717, 1.165) is 0 Å². The van der Waals surface area contributed by atoms with E-state index in [1.54, 1.807) is 37.3 Å². The Labute approximate surface area is 93.2 Å². The number of alkyl halides is 2. The van der Waals surface area contributed by atoms with Crippen LogP contribution in [0, 0.1) is 0 Å². The molecule has 0 aliphatic heterocycles. The summed E-state index contributed by atoms with van der Waals surface area (Å²) >= 11 is 0. The summed E-state index contributed by atoms with van der Waals surface area (Å²) in [6, 6.07) is 8.55. The molecular formula is C12H14F2O2. The summed E-state index contributed by atoms with van der Waals surface area (Å²) in [5.74, 6) is -0.247. The lowest BCUT2D eigenvalue weighted by molar-refractivity contribution is -0.0165. The molecule has 0 N–H and O–H groups in total. The molecule has 4 heteroatoms. The van der Waals surface area contributed by atoms with Gasteiger partial charge in [0.25, 0.3) is 6.43 Å². The van der Waals surface area contributed by atoms with Gasteiger partial charge in [0, 0.05) is 5.56 Å². The van der Waals surface area contributed by atoms with E-state index in [1.165, 1.54) is 0 Å². The molecule has 1 rings (SSSR count). The van der Waals surface area contributed by atoms with Crippen molar-refractivity contribution in [3.63, 3.8) is 0 Å². The average Bonchev–Trinajstić information content (AvgIpc) is 2.30. The van der Waals surface area contributed by atoms with E-state index in [1.807, 2.05) is 0 Å². The summed E-state index contributed by atoms with van der Waals surface area (Å²) in [4.78, 5) is 11.8. The molecule has 0 amide bonds. The predicted octanol–water partition coefficient (Wildman–Crippen LogP) is 2.93. The van der Waals surface area contributed by atoms with E-state index < -0.39 is 19.1 Å². The Morgan fingerprint density at radius 3 is 2.44 bits per heavy atom. The number of ether oxygens (including phenoxy) is 1. The Hall–Kier alpha value is -1.29. The van der Waals surface area contributed by atoms with Gasteiger partial charge in [0.15, 0.2) is 5.78 Å². The van der Waals surface area contributed by atoms with Crippen LogP contribution in [-0.4, -0.2) is 24.9 Å². The van der Waals surface area contributed by atoms with Gasteiger partial charge in [0.05, 0.1) is 0 Å². The van der Waals surface area contributed by atoms with Crippen LogP contribution < -0.4 is 0 Å². The van der Waals surface area contributed by atoms with Crippen LogP contribution in [0.3, 0.4) is 0 Å². The lowest BCUT2D eigenvalue weighted by Gasteiger charge is -2.14. The van der Waals surface area contributed by atoms with E-state index in [2.05, 4.69) is 0 Å². The van der Waals surface area contributed by atoms with Crippen molar-refractivity contribution >= 4 is 5.78 Å². The molecule has 1 atom stereocenters. The fraction of sp³-hybridized carbons (Fsp3) is 0.417. The van der Waals surface area contributed by atoms with Crippen molar-refractivity contribution in [1.82, 2.24) is 0 Å². The van der Waals surface area contributed by atoms with Gasteiger partial charge in [-0.3, -0.25) is 4.79 Å². The van der Waals surface area contributed by atoms with Gasteiger partial charge < -0.3 is 4.74 Å². The Morgan fingerprint density at radius 1 is 1.31 bits per heavy atom.